The Morgan fingerprint density at radius 3 is 2.40 bits per heavy atom. The Hall–Kier alpha value is -0.300. The Balaban J connectivity index is 2.53. The highest BCUT2D eigenvalue weighted by Crippen LogP contribution is 2.58. The molecule has 0 aromatic rings. The van der Waals surface area contributed by atoms with Crippen molar-refractivity contribution < 1.29 is 5.11 Å². The molecular weight excluding hydrogens is 124 g/mol. The molecule has 58 valence electrons. The molecule has 1 aliphatic rings. The Morgan fingerprint density at radius 1 is 1.50 bits per heavy atom. The normalized spacial score (nSPS) is 36.8. The molecule has 0 spiro atoms. The Labute approximate surface area is 62.8 Å². The van der Waals surface area contributed by atoms with E-state index in [9.17, 15) is 0 Å². The molecule has 0 radical (unpaired) electrons. The fraction of sp³-hybridized carbons (Fsp3) is 0.778. The summed E-state index contributed by atoms with van der Waals surface area (Å²) in [6.45, 7) is 6.78. The summed E-state index contributed by atoms with van der Waals surface area (Å²) in [5.74, 6) is 1.12. The molecule has 1 aliphatic carbocycles. The fourth-order valence-corrected chi connectivity index (χ4v) is 1.72. The molecule has 1 N–H and O–H groups in total. The van der Waals surface area contributed by atoms with Gasteiger partial charge in [-0.15, -0.1) is 0 Å². The maximum Gasteiger partial charge on any atom is 0.0470 e. The van der Waals surface area contributed by atoms with E-state index in [-0.39, 0.29) is 0 Å². The van der Waals surface area contributed by atoms with Gasteiger partial charge < -0.3 is 5.11 Å². The summed E-state index contributed by atoms with van der Waals surface area (Å²) < 4.78 is 0. The van der Waals surface area contributed by atoms with Crippen molar-refractivity contribution in [3.63, 3.8) is 0 Å². The van der Waals surface area contributed by atoms with Crippen LogP contribution in [-0.4, -0.2) is 11.7 Å². The van der Waals surface area contributed by atoms with Gasteiger partial charge in [-0.25, -0.2) is 0 Å². The van der Waals surface area contributed by atoms with E-state index in [1.54, 1.807) is 0 Å². The van der Waals surface area contributed by atoms with Gasteiger partial charge in [-0.05, 0) is 24.2 Å². The fourth-order valence-electron chi connectivity index (χ4n) is 1.72. The van der Waals surface area contributed by atoms with Crippen LogP contribution in [0.5, 0.6) is 0 Å². The topological polar surface area (TPSA) is 20.2 Å². The van der Waals surface area contributed by atoms with Crippen LogP contribution in [0.4, 0.5) is 0 Å². The number of aliphatic hydroxyl groups is 1. The van der Waals surface area contributed by atoms with Crippen LogP contribution in [-0.2, 0) is 0 Å². The molecule has 0 aromatic heterocycles. The number of allylic oxidation sites excluding steroid dienone is 2. The number of aliphatic hydroxyl groups excluding tert-OH is 1. The van der Waals surface area contributed by atoms with E-state index in [4.69, 9.17) is 5.11 Å². The first-order valence-electron chi connectivity index (χ1n) is 3.88. The lowest BCUT2D eigenvalue weighted by Crippen LogP contribution is -1.93. The van der Waals surface area contributed by atoms with Crippen LogP contribution in [0.2, 0.25) is 0 Å². The molecule has 0 aromatic carbocycles. The van der Waals surface area contributed by atoms with Gasteiger partial charge in [-0.3, -0.25) is 0 Å². The van der Waals surface area contributed by atoms with Crippen LogP contribution in [0.1, 0.15) is 20.8 Å². The Kier molecular flexibility index (Phi) is 1.86. The predicted molar refractivity (Wildman–Crippen MR) is 42.7 cm³/mol. The highest BCUT2D eigenvalue weighted by atomic mass is 16.3. The monoisotopic (exact) mass is 140 g/mol. The second-order valence-corrected chi connectivity index (χ2v) is 3.66. The van der Waals surface area contributed by atoms with Crippen LogP contribution in [0.3, 0.4) is 0 Å². The Morgan fingerprint density at radius 2 is 2.10 bits per heavy atom. The second-order valence-electron chi connectivity index (χ2n) is 3.66. The Bertz CT molecular complexity index is 147. The molecule has 10 heavy (non-hydrogen) atoms. The quantitative estimate of drug-likeness (QED) is 0.580. The molecule has 0 amide bonds. The summed E-state index contributed by atoms with van der Waals surface area (Å²) in [6.07, 6.45) is 4.27. The first-order chi connectivity index (χ1) is 4.64. The maximum atomic E-state index is 8.90. The first kappa shape index (κ1) is 7.80. The lowest BCUT2D eigenvalue weighted by molar-refractivity contribution is 0.256. The minimum atomic E-state index is 0.335. The van der Waals surface area contributed by atoms with Crippen molar-refractivity contribution in [2.24, 2.45) is 17.3 Å². The second kappa shape index (κ2) is 2.39. The van der Waals surface area contributed by atoms with Gasteiger partial charge in [0.1, 0.15) is 0 Å². The molecule has 1 fully saturated rings. The molecule has 1 rings (SSSR count). The lowest BCUT2D eigenvalue weighted by atomic mass is 10.1. The van der Waals surface area contributed by atoms with E-state index in [0.29, 0.717) is 23.9 Å². The minimum Gasteiger partial charge on any atom is -0.396 e. The van der Waals surface area contributed by atoms with Crippen LogP contribution in [0.25, 0.3) is 0 Å². The van der Waals surface area contributed by atoms with Gasteiger partial charge in [-0.2, -0.15) is 0 Å². The maximum absolute atomic E-state index is 8.90. The SMILES string of the molecule is CC=C[C@H]1[C@@H](CO)C1(C)C. The van der Waals surface area contributed by atoms with E-state index in [2.05, 4.69) is 26.0 Å². The van der Waals surface area contributed by atoms with Crippen molar-refractivity contribution in [1.82, 2.24) is 0 Å². The van der Waals surface area contributed by atoms with Crippen molar-refractivity contribution in [3.8, 4) is 0 Å². The minimum absolute atomic E-state index is 0.335. The van der Waals surface area contributed by atoms with E-state index >= 15 is 0 Å². The van der Waals surface area contributed by atoms with Crippen LogP contribution in [0.15, 0.2) is 12.2 Å². The number of hydrogen-bond acceptors (Lipinski definition) is 1. The molecule has 0 aliphatic heterocycles. The van der Waals surface area contributed by atoms with E-state index in [1.165, 1.54) is 0 Å². The summed E-state index contributed by atoms with van der Waals surface area (Å²) in [4.78, 5) is 0. The van der Waals surface area contributed by atoms with Gasteiger partial charge in [0.25, 0.3) is 0 Å². The zero-order chi connectivity index (χ0) is 7.78. The van der Waals surface area contributed by atoms with Gasteiger partial charge in [-0.1, -0.05) is 26.0 Å². The van der Waals surface area contributed by atoms with Gasteiger partial charge in [0, 0.05) is 6.61 Å². The third-order valence-corrected chi connectivity index (χ3v) is 2.74. The standard InChI is InChI=1S/C9H16O/c1-4-5-7-8(6-10)9(7,2)3/h4-5,7-8,10H,6H2,1-3H3/t7-,8+/m0/s1. The highest BCUT2D eigenvalue weighted by Gasteiger charge is 2.55. The number of hydrogen-bond donors (Lipinski definition) is 1. The average molecular weight is 140 g/mol. The van der Waals surface area contributed by atoms with Gasteiger partial charge >= 0.3 is 0 Å². The van der Waals surface area contributed by atoms with Crippen molar-refractivity contribution in [3.05, 3.63) is 12.2 Å². The van der Waals surface area contributed by atoms with Crippen molar-refractivity contribution in [1.29, 1.82) is 0 Å². The summed E-state index contributed by atoms with van der Waals surface area (Å²) in [5.41, 5.74) is 0.348. The third-order valence-electron chi connectivity index (χ3n) is 2.74. The average Bonchev–Trinajstić information content (AvgIpc) is 2.36. The van der Waals surface area contributed by atoms with E-state index in [0.717, 1.165) is 0 Å². The smallest absolute Gasteiger partial charge is 0.0470 e. The van der Waals surface area contributed by atoms with Crippen LogP contribution >= 0.6 is 0 Å². The molecule has 0 bridgehead atoms. The highest BCUT2D eigenvalue weighted by molar-refractivity contribution is 5.13. The lowest BCUT2D eigenvalue weighted by Gasteiger charge is -1.96. The molecule has 1 saturated carbocycles. The van der Waals surface area contributed by atoms with Gasteiger partial charge in [0.2, 0.25) is 0 Å². The summed E-state index contributed by atoms with van der Waals surface area (Å²) in [6, 6.07) is 0. The molecule has 1 heteroatoms. The van der Waals surface area contributed by atoms with Crippen molar-refractivity contribution >= 4 is 0 Å². The van der Waals surface area contributed by atoms with Crippen LogP contribution in [0, 0.1) is 17.3 Å². The molecular formula is C9H16O. The largest absolute Gasteiger partial charge is 0.396 e. The number of rotatable bonds is 2. The molecule has 1 nitrogen and oxygen atoms in total. The summed E-state index contributed by atoms with van der Waals surface area (Å²) >= 11 is 0. The zero-order valence-corrected chi connectivity index (χ0v) is 6.96. The van der Waals surface area contributed by atoms with E-state index < -0.39 is 0 Å². The molecule has 2 atom stereocenters. The molecule has 0 heterocycles. The third kappa shape index (κ3) is 0.988. The van der Waals surface area contributed by atoms with Crippen LogP contribution < -0.4 is 0 Å². The summed E-state index contributed by atoms with van der Waals surface area (Å²) in [5, 5.41) is 8.90. The van der Waals surface area contributed by atoms with Crippen molar-refractivity contribution in [2.75, 3.05) is 6.61 Å². The van der Waals surface area contributed by atoms with Gasteiger partial charge in [0.05, 0.1) is 0 Å². The zero-order valence-electron chi connectivity index (χ0n) is 6.96. The molecule has 0 saturated heterocycles. The van der Waals surface area contributed by atoms with E-state index in [1.807, 2.05) is 6.92 Å². The summed E-state index contributed by atoms with van der Waals surface area (Å²) in [7, 11) is 0. The predicted octanol–water partition coefficient (Wildman–Crippen LogP) is 1.83. The van der Waals surface area contributed by atoms with Crippen molar-refractivity contribution in [2.45, 2.75) is 20.8 Å². The first-order valence-corrected chi connectivity index (χ1v) is 3.88. The van der Waals surface area contributed by atoms with Gasteiger partial charge in [0.15, 0.2) is 0 Å². The molecule has 0 unspecified atom stereocenters.